The molecule has 2 heterocycles. The Morgan fingerprint density at radius 2 is 2.54 bits per heavy atom. The number of rotatable bonds is 2. The minimum Gasteiger partial charge on any atom is -0.296 e. The molecule has 0 saturated carbocycles. The predicted octanol–water partition coefficient (Wildman–Crippen LogP) is 3.49. The first-order valence-corrected chi connectivity index (χ1v) is 6.40. The Hall–Kier alpha value is 0.140. The molecule has 1 unspecified atom stereocenters. The van der Waals surface area contributed by atoms with Gasteiger partial charge in [0.1, 0.15) is 0 Å². The molecule has 72 valence electrons. The maximum absolute atomic E-state index is 3.59. The number of hydrogen-bond donors (Lipinski definition) is 0. The van der Waals surface area contributed by atoms with Gasteiger partial charge in [0.2, 0.25) is 0 Å². The van der Waals surface area contributed by atoms with Crippen LogP contribution in [-0.4, -0.2) is 17.5 Å². The lowest BCUT2D eigenvalue weighted by Crippen LogP contribution is -2.25. The summed E-state index contributed by atoms with van der Waals surface area (Å²) < 4.78 is 1.30. The van der Waals surface area contributed by atoms with Gasteiger partial charge in [-0.1, -0.05) is 0 Å². The topological polar surface area (TPSA) is 3.24 Å². The van der Waals surface area contributed by atoms with Crippen LogP contribution in [0.3, 0.4) is 0 Å². The fourth-order valence-corrected chi connectivity index (χ4v) is 3.10. The molecular formula is C10H14BrNS. The molecule has 0 bridgehead atoms. The van der Waals surface area contributed by atoms with Crippen molar-refractivity contribution in [3.8, 4) is 0 Å². The van der Waals surface area contributed by atoms with E-state index in [4.69, 9.17) is 0 Å². The van der Waals surface area contributed by atoms with Crippen molar-refractivity contribution in [2.45, 2.75) is 32.4 Å². The van der Waals surface area contributed by atoms with E-state index in [1.165, 1.54) is 28.7 Å². The molecule has 0 spiro atoms. The maximum Gasteiger partial charge on any atom is 0.0743 e. The van der Waals surface area contributed by atoms with Gasteiger partial charge in [0.15, 0.2) is 0 Å². The molecule has 1 nitrogen and oxygen atoms in total. The fourth-order valence-electron chi connectivity index (χ4n) is 1.88. The summed E-state index contributed by atoms with van der Waals surface area (Å²) in [6.45, 7) is 4.71. The molecule has 0 aliphatic carbocycles. The molecule has 0 aromatic carbocycles. The second-order valence-corrected chi connectivity index (χ2v) is 5.92. The Labute approximate surface area is 91.9 Å². The third-order valence-electron chi connectivity index (χ3n) is 2.76. The van der Waals surface area contributed by atoms with Gasteiger partial charge >= 0.3 is 0 Å². The molecule has 0 amide bonds. The fraction of sp³-hybridized carbons (Fsp3) is 0.600. The quantitative estimate of drug-likeness (QED) is 0.786. The first kappa shape index (κ1) is 9.69. The summed E-state index contributed by atoms with van der Waals surface area (Å²) in [6, 6.07) is 2.99. The van der Waals surface area contributed by atoms with E-state index in [0.717, 1.165) is 12.6 Å². The van der Waals surface area contributed by atoms with Crippen LogP contribution in [0.4, 0.5) is 0 Å². The Bertz CT molecular complexity index is 284. The van der Waals surface area contributed by atoms with E-state index in [1.807, 2.05) is 0 Å². The molecule has 0 radical (unpaired) electrons. The molecule has 0 N–H and O–H groups in total. The van der Waals surface area contributed by atoms with Crippen molar-refractivity contribution in [2.75, 3.05) is 6.54 Å². The van der Waals surface area contributed by atoms with Gasteiger partial charge in [0.25, 0.3) is 0 Å². The van der Waals surface area contributed by atoms with Gasteiger partial charge in [-0.25, -0.2) is 0 Å². The monoisotopic (exact) mass is 259 g/mol. The lowest BCUT2D eigenvalue weighted by molar-refractivity contribution is 0.260. The third-order valence-corrected chi connectivity index (χ3v) is 4.57. The Morgan fingerprint density at radius 3 is 3.08 bits per heavy atom. The summed E-state index contributed by atoms with van der Waals surface area (Å²) in [7, 11) is 0. The zero-order valence-electron chi connectivity index (χ0n) is 7.79. The average Bonchev–Trinajstić information content (AvgIpc) is 2.65. The van der Waals surface area contributed by atoms with Crippen LogP contribution in [0.25, 0.3) is 0 Å². The van der Waals surface area contributed by atoms with Crippen LogP contribution in [0.15, 0.2) is 15.2 Å². The standard InChI is InChI=1S/C10H14BrNS/c1-8-3-2-5-12(8)7-9-4-6-13-10(9)11/h4,6,8H,2-3,5,7H2,1H3. The van der Waals surface area contributed by atoms with Crippen LogP contribution < -0.4 is 0 Å². The lowest BCUT2D eigenvalue weighted by Gasteiger charge is -2.20. The zero-order valence-corrected chi connectivity index (χ0v) is 10.2. The Kier molecular flexibility index (Phi) is 3.06. The maximum atomic E-state index is 3.59. The van der Waals surface area contributed by atoms with Crippen LogP contribution in [-0.2, 0) is 6.54 Å². The van der Waals surface area contributed by atoms with Gasteiger partial charge < -0.3 is 0 Å². The first-order chi connectivity index (χ1) is 6.27. The van der Waals surface area contributed by atoms with E-state index in [-0.39, 0.29) is 0 Å². The van der Waals surface area contributed by atoms with Crippen LogP contribution in [0.5, 0.6) is 0 Å². The molecule has 1 aliphatic heterocycles. The van der Waals surface area contributed by atoms with Gasteiger partial charge in [-0.2, -0.15) is 0 Å². The van der Waals surface area contributed by atoms with Gasteiger partial charge in [0.05, 0.1) is 3.79 Å². The van der Waals surface area contributed by atoms with E-state index in [0.29, 0.717) is 0 Å². The summed E-state index contributed by atoms with van der Waals surface area (Å²) in [4.78, 5) is 2.56. The van der Waals surface area contributed by atoms with Crippen molar-refractivity contribution in [1.82, 2.24) is 4.90 Å². The third kappa shape index (κ3) is 2.14. The molecule has 1 saturated heterocycles. The van der Waals surface area contributed by atoms with E-state index < -0.39 is 0 Å². The summed E-state index contributed by atoms with van der Waals surface area (Å²) in [5, 5.41) is 2.15. The highest BCUT2D eigenvalue weighted by atomic mass is 79.9. The lowest BCUT2D eigenvalue weighted by atomic mass is 10.2. The van der Waals surface area contributed by atoms with Gasteiger partial charge in [-0.15, -0.1) is 11.3 Å². The number of hydrogen-bond acceptors (Lipinski definition) is 2. The number of thiophene rings is 1. The molecule has 1 fully saturated rings. The van der Waals surface area contributed by atoms with E-state index >= 15 is 0 Å². The summed E-state index contributed by atoms with van der Waals surface area (Å²) >= 11 is 5.36. The normalized spacial score (nSPS) is 24.0. The summed E-state index contributed by atoms with van der Waals surface area (Å²) in [5.74, 6) is 0. The molecule has 1 aromatic heterocycles. The molecule has 1 atom stereocenters. The minimum atomic E-state index is 0.770. The number of nitrogens with zero attached hydrogens (tertiary/aromatic N) is 1. The second kappa shape index (κ2) is 4.11. The van der Waals surface area contributed by atoms with E-state index in [1.54, 1.807) is 11.3 Å². The first-order valence-electron chi connectivity index (χ1n) is 4.73. The van der Waals surface area contributed by atoms with Crippen molar-refractivity contribution < 1.29 is 0 Å². The highest BCUT2D eigenvalue weighted by Crippen LogP contribution is 2.27. The van der Waals surface area contributed by atoms with Crippen LogP contribution >= 0.6 is 27.3 Å². The van der Waals surface area contributed by atoms with Gasteiger partial charge in [-0.05, 0) is 59.2 Å². The highest BCUT2D eigenvalue weighted by molar-refractivity contribution is 9.11. The van der Waals surface area contributed by atoms with Crippen LogP contribution in [0, 0.1) is 0 Å². The largest absolute Gasteiger partial charge is 0.296 e. The molecule has 13 heavy (non-hydrogen) atoms. The van der Waals surface area contributed by atoms with Crippen LogP contribution in [0.1, 0.15) is 25.3 Å². The molecule has 1 aromatic rings. The average molecular weight is 260 g/mol. The van der Waals surface area contributed by atoms with E-state index in [9.17, 15) is 0 Å². The highest BCUT2D eigenvalue weighted by Gasteiger charge is 2.20. The smallest absolute Gasteiger partial charge is 0.0743 e. The SMILES string of the molecule is CC1CCCN1Cc1ccsc1Br. The Morgan fingerprint density at radius 1 is 1.69 bits per heavy atom. The van der Waals surface area contributed by atoms with E-state index in [2.05, 4.69) is 39.2 Å². The summed E-state index contributed by atoms with van der Waals surface area (Å²) in [6.07, 6.45) is 2.73. The molecule has 1 aliphatic rings. The molecular weight excluding hydrogens is 246 g/mol. The van der Waals surface area contributed by atoms with Crippen molar-refractivity contribution >= 4 is 27.3 Å². The van der Waals surface area contributed by atoms with Crippen molar-refractivity contribution in [1.29, 1.82) is 0 Å². The van der Waals surface area contributed by atoms with Crippen molar-refractivity contribution in [2.24, 2.45) is 0 Å². The number of halogens is 1. The van der Waals surface area contributed by atoms with Gasteiger partial charge in [0, 0.05) is 12.6 Å². The Balaban J connectivity index is 2.01. The van der Waals surface area contributed by atoms with Gasteiger partial charge in [-0.3, -0.25) is 4.90 Å². The molecule has 2 rings (SSSR count). The van der Waals surface area contributed by atoms with Crippen molar-refractivity contribution in [3.63, 3.8) is 0 Å². The summed E-state index contributed by atoms with van der Waals surface area (Å²) in [5.41, 5.74) is 1.44. The van der Waals surface area contributed by atoms with Crippen molar-refractivity contribution in [3.05, 3.63) is 20.8 Å². The minimum absolute atomic E-state index is 0.770. The zero-order chi connectivity index (χ0) is 9.26. The molecule has 3 heteroatoms. The predicted molar refractivity (Wildman–Crippen MR) is 61.1 cm³/mol. The second-order valence-electron chi connectivity index (χ2n) is 3.68. The number of likely N-dealkylation sites (tertiary alicyclic amines) is 1. The van der Waals surface area contributed by atoms with Crippen LogP contribution in [0.2, 0.25) is 0 Å².